The van der Waals surface area contributed by atoms with Crippen molar-refractivity contribution in [3.63, 3.8) is 0 Å². The average Bonchev–Trinajstić information content (AvgIpc) is 2.20. The van der Waals surface area contributed by atoms with Gasteiger partial charge in [-0.3, -0.25) is 0 Å². The van der Waals surface area contributed by atoms with Crippen LogP contribution in [0.4, 0.5) is 11.4 Å². The topological polar surface area (TPSA) is 15.3 Å². The fraction of sp³-hybridized carbons (Fsp3) is 0.500. The number of likely N-dealkylation sites (N-methyl/N-ethyl adjacent to an activating group) is 1. The van der Waals surface area contributed by atoms with Gasteiger partial charge < -0.3 is 10.2 Å². The molecular formula is C12H20N2. The monoisotopic (exact) mass is 192 g/mol. The lowest BCUT2D eigenvalue weighted by atomic mass is 10.1. The standard InChI is InChI=1S/C10H14N2.C2H6/c1-8-7-12(2)10-6-4-3-5-9(10)11-8;1-2/h3-6,8,11H,7H2,1-2H3;1-2H3. The number of rotatable bonds is 0. The predicted octanol–water partition coefficient (Wildman–Crippen LogP) is 2.96. The lowest BCUT2D eigenvalue weighted by Gasteiger charge is -2.32. The van der Waals surface area contributed by atoms with Gasteiger partial charge in [0.15, 0.2) is 0 Å². The van der Waals surface area contributed by atoms with Gasteiger partial charge in [-0.15, -0.1) is 0 Å². The maximum atomic E-state index is 3.45. The Hall–Kier alpha value is -1.18. The van der Waals surface area contributed by atoms with E-state index in [1.165, 1.54) is 11.4 Å². The highest BCUT2D eigenvalue weighted by atomic mass is 15.2. The van der Waals surface area contributed by atoms with Gasteiger partial charge in [-0.25, -0.2) is 0 Å². The predicted molar refractivity (Wildman–Crippen MR) is 64.1 cm³/mol. The van der Waals surface area contributed by atoms with Crippen molar-refractivity contribution in [2.45, 2.75) is 26.8 Å². The summed E-state index contributed by atoms with van der Waals surface area (Å²) in [6.45, 7) is 7.28. The number of hydrogen-bond acceptors (Lipinski definition) is 2. The number of para-hydroxylation sites is 2. The van der Waals surface area contributed by atoms with Crippen LogP contribution in [0, 0.1) is 0 Å². The summed E-state index contributed by atoms with van der Waals surface area (Å²) < 4.78 is 0. The van der Waals surface area contributed by atoms with E-state index in [0.29, 0.717) is 6.04 Å². The summed E-state index contributed by atoms with van der Waals surface area (Å²) in [4.78, 5) is 2.29. The second-order valence-electron chi connectivity index (χ2n) is 3.44. The van der Waals surface area contributed by atoms with Crippen LogP contribution >= 0.6 is 0 Å². The molecule has 1 aliphatic rings. The van der Waals surface area contributed by atoms with Crippen molar-refractivity contribution in [2.24, 2.45) is 0 Å². The SMILES string of the molecule is CC.CC1CN(C)c2ccccc2N1. The first-order valence-corrected chi connectivity index (χ1v) is 5.34. The van der Waals surface area contributed by atoms with Crippen LogP contribution in [0.5, 0.6) is 0 Å². The average molecular weight is 192 g/mol. The van der Waals surface area contributed by atoms with Gasteiger partial charge in [0, 0.05) is 19.6 Å². The molecule has 2 nitrogen and oxygen atoms in total. The summed E-state index contributed by atoms with van der Waals surface area (Å²) in [7, 11) is 2.14. The Morgan fingerprint density at radius 3 is 2.64 bits per heavy atom. The van der Waals surface area contributed by atoms with Crippen LogP contribution in [0.25, 0.3) is 0 Å². The molecule has 14 heavy (non-hydrogen) atoms. The Labute approximate surface area is 86.9 Å². The van der Waals surface area contributed by atoms with Gasteiger partial charge in [0.1, 0.15) is 0 Å². The Morgan fingerprint density at radius 2 is 1.93 bits per heavy atom. The first-order valence-electron chi connectivity index (χ1n) is 5.34. The first-order chi connectivity index (χ1) is 6.77. The lowest BCUT2D eigenvalue weighted by Crippen LogP contribution is -2.37. The number of nitrogens with one attached hydrogen (secondary N) is 1. The molecule has 1 aliphatic heterocycles. The van der Waals surface area contributed by atoms with E-state index < -0.39 is 0 Å². The van der Waals surface area contributed by atoms with Crippen LogP contribution < -0.4 is 10.2 Å². The van der Waals surface area contributed by atoms with Crippen molar-refractivity contribution in [1.82, 2.24) is 0 Å². The number of benzene rings is 1. The molecule has 0 saturated carbocycles. The van der Waals surface area contributed by atoms with E-state index >= 15 is 0 Å². The maximum Gasteiger partial charge on any atom is 0.0600 e. The van der Waals surface area contributed by atoms with E-state index in [9.17, 15) is 0 Å². The first kappa shape index (κ1) is 10.9. The molecule has 78 valence electrons. The molecule has 0 spiro atoms. The Bertz CT molecular complexity index is 283. The molecule has 1 unspecified atom stereocenters. The third-order valence-corrected chi connectivity index (χ3v) is 2.26. The zero-order valence-corrected chi connectivity index (χ0v) is 9.54. The highest BCUT2D eigenvalue weighted by molar-refractivity contribution is 5.72. The van der Waals surface area contributed by atoms with E-state index in [1.807, 2.05) is 13.8 Å². The molecule has 0 amide bonds. The highest BCUT2D eigenvalue weighted by Crippen LogP contribution is 2.28. The highest BCUT2D eigenvalue weighted by Gasteiger charge is 2.16. The van der Waals surface area contributed by atoms with Crippen molar-refractivity contribution in [1.29, 1.82) is 0 Å². The summed E-state index contributed by atoms with van der Waals surface area (Å²) in [5.74, 6) is 0. The molecule has 0 aliphatic carbocycles. The van der Waals surface area contributed by atoms with E-state index in [1.54, 1.807) is 0 Å². The summed E-state index contributed by atoms with van der Waals surface area (Å²) in [6.07, 6.45) is 0. The third-order valence-electron chi connectivity index (χ3n) is 2.26. The number of nitrogens with zero attached hydrogens (tertiary/aromatic N) is 1. The van der Waals surface area contributed by atoms with E-state index in [2.05, 4.69) is 48.5 Å². The Kier molecular flexibility index (Phi) is 3.81. The molecule has 1 aromatic rings. The van der Waals surface area contributed by atoms with E-state index in [-0.39, 0.29) is 0 Å². The van der Waals surface area contributed by atoms with Gasteiger partial charge in [-0.05, 0) is 19.1 Å². The van der Waals surface area contributed by atoms with Crippen molar-refractivity contribution in [2.75, 3.05) is 23.8 Å². The minimum absolute atomic E-state index is 0.546. The van der Waals surface area contributed by atoms with Gasteiger partial charge in [-0.2, -0.15) is 0 Å². The molecule has 0 saturated heterocycles. The number of fused-ring (bicyclic) bond motifs is 1. The quantitative estimate of drug-likeness (QED) is 0.680. The fourth-order valence-corrected chi connectivity index (χ4v) is 1.75. The largest absolute Gasteiger partial charge is 0.379 e. The normalized spacial score (nSPS) is 18.9. The van der Waals surface area contributed by atoms with E-state index in [4.69, 9.17) is 0 Å². The van der Waals surface area contributed by atoms with Gasteiger partial charge in [0.25, 0.3) is 0 Å². The maximum absolute atomic E-state index is 3.45. The summed E-state index contributed by atoms with van der Waals surface area (Å²) in [5, 5.41) is 3.45. The van der Waals surface area contributed by atoms with Crippen LogP contribution in [0.3, 0.4) is 0 Å². The lowest BCUT2D eigenvalue weighted by molar-refractivity contribution is 0.738. The molecule has 0 aromatic heterocycles. The fourth-order valence-electron chi connectivity index (χ4n) is 1.75. The van der Waals surface area contributed by atoms with Gasteiger partial charge in [-0.1, -0.05) is 26.0 Å². The smallest absolute Gasteiger partial charge is 0.0600 e. The van der Waals surface area contributed by atoms with Crippen molar-refractivity contribution < 1.29 is 0 Å². The van der Waals surface area contributed by atoms with Crippen molar-refractivity contribution in [3.8, 4) is 0 Å². The van der Waals surface area contributed by atoms with Gasteiger partial charge >= 0.3 is 0 Å². The molecule has 2 rings (SSSR count). The van der Waals surface area contributed by atoms with E-state index in [0.717, 1.165) is 6.54 Å². The van der Waals surface area contributed by atoms with Crippen LogP contribution in [-0.4, -0.2) is 19.6 Å². The zero-order chi connectivity index (χ0) is 10.6. The zero-order valence-electron chi connectivity index (χ0n) is 9.54. The third kappa shape index (κ3) is 2.19. The van der Waals surface area contributed by atoms with Gasteiger partial charge in [0.2, 0.25) is 0 Å². The molecule has 2 heteroatoms. The van der Waals surface area contributed by atoms with Gasteiger partial charge in [0.05, 0.1) is 11.4 Å². The molecule has 0 fully saturated rings. The minimum atomic E-state index is 0.546. The second kappa shape index (κ2) is 4.89. The molecule has 1 atom stereocenters. The molecule has 1 N–H and O–H groups in total. The number of hydrogen-bond donors (Lipinski definition) is 1. The Balaban J connectivity index is 0.000000461. The van der Waals surface area contributed by atoms with Crippen molar-refractivity contribution >= 4 is 11.4 Å². The minimum Gasteiger partial charge on any atom is -0.379 e. The molecule has 0 bridgehead atoms. The summed E-state index contributed by atoms with van der Waals surface area (Å²) >= 11 is 0. The van der Waals surface area contributed by atoms with Crippen LogP contribution in [0.1, 0.15) is 20.8 Å². The van der Waals surface area contributed by atoms with Crippen LogP contribution in [0.2, 0.25) is 0 Å². The molecule has 1 aromatic carbocycles. The number of anilines is 2. The van der Waals surface area contributed by atoms with Crippen LogP contribution in [-0.2, 0) is 0 Å². The van der Waals surface area contributed by atoms with Crippen molar-refractivity contribution in [3.05, 3.63) is 24.3 Å². The molecule has 0 radical (unpaired) electrons. The Morgan fingerprint density at radius 1 is 1.29 bits per heavy atom. The molecule has 1 heterocycles. The van der Waals surface area contributed by atoms with Crippen LogP contribution in [0.15, 0.2) is 24.3 Å². The molecular weight excluding hydrogens is 172 g/mol. The summed E-state index contributed by atoms with van der Waals surface area (Å²) in [6, 6.07) is 8.96. The second-order valence-corrected chi connectivity index (χ2v) is 3.44. The summed E-state index contributed by atoms with van der Waals surface area (Å²) in [5.41, 5.74) is 2.55.